The van der Waals surface area contributed by atoms with Crippen LogP contribution in [0.5, 0.6) is 5.75 Å². The van der Waals surface area contributed by atoms with Crippen molar-refractivity contribution in [3.05, 3.63) is 73.3 Å². The zero-order valence-electron chi connectivity index (χ0n) is 22.6. The van der Waals surface area contributed by atoms with Gasteiger partial charge < -0.3 is 25.2 Å². The lowest BCUT2D eigenvalue weighted by Gasteiger charge is -2.41. The van der Waals surface area contributed by atoms with Crippen molar-refractivity contribution in [3.63, 3.8) is 0 Å². The van der Waals surface area contributed by atoms with Crippen LogP contribution < -0.4 is 10.1 Å². The summed E-state index contributed by atoms with van der Waals surface area (Å²) in [5.41, 5.74) is 1.18. The van der Waals surface area contributed by atoms with E-state index < -0.39 is 18.2 Å². The molecule has 220 valence electrons. The smallest absolute Gasteiger partial charge is 0.247 e. The van der Waals surface area contributed by atoms with Crippen molar-refractivity contribution in [1.82, 2.24) is 10.2 Å². The number of fused-ring (bicyclic) bond motifs is 2. The lowest BCUT2D eigenvalue weighted by atomic mass is 9.84. The Morgan fingerprint density at radius 1 is 1.10 bits per heavy atom. The minimum atomic E-state index is -1.09. The highest BCUT2D eigenvalue weighted by Gasteiger charge is 2.44. The van der Waals surface area contributed by atoms with E-state index in [-0.39, 0.29) is 37.9 Å². The number of halogens is 3. The van der Waals surface area contributed by atoms with Gasteiger partial charge in [0.05, 0.1) is 26.3 Å². The van der Waals surface area contributed by atoms with Gasteiger partial charge in [-0.15, -0.1) is 0 Å². The second kappa shape index (κ2) is 13.6. The Bertz CT molecular complexity index is 1310. The van der Waals surface area contributed by atoms with Crippen molar-refractivity contribution < 1.29 is 24.5 Å². The maximum Gasteiger partial charge on any atom is 0.247 e. The van der Waals surface area contributed by atoms with E-state index in [1.165, 1.54) is 19.3 Å². The number of nitrogens with one attached hydrogen (secondary N) is 1. The Labute approximate surface area is 264 Å². The highest BCUT2D eigenvalue weighted by atomic mass is 127. The molecule has 2 fully saturated rings. The van der Waals surface area contributed by atoms with Crippen molar-refractivity contribution in [3.8, 4) is 5.75 Å². The van der Waals surface area contributed by atoms with Gasteiger partial charge in [-0.1, -0.05) is 47.8 Å². The van der Waals surface area contributed by atoms with Gasteiger partial charge in [0.25, 0.3) is 0 Å². The molecule has 5 rings (SSSR count). The summed E-state index contributed by atoms with van der Waals surface area (Å²) in [6.45, 7) is 0.111. The van der Waals surface area contributed by atoms with Crippen LogP contribution in [-0.2, 0) is 16.1 Å². The summed E-state index contributed by atoms with van der Waals surface area (Å²) in [6, 6.07) is 12.0. The number of amides is 2. The second-order valence-corrected chi connectivity index (χ2v) is 13.3. The first kappa shape index (κ1) is 30.6. The molecule has 41 heavy (non-hydrogen) atoms. The Kier molecular flexibility index (Phi) is 10.2. The van der Waals surface area contributed by atoms with Crippen LogP contribution in [0.25, 0.3) is 0 Å². The van der Waals surface area contributed by atoms with Crippen LogP contribution in [0.1, 0.15) is 44.1 Å². The fraction of sp³-hybridized carbons (Fsp3) is 0.484. The van der Waals surface area contributed by atoms with Gasteiger partial charge >= 0.3 is 0 Å². The Hall–Kier alpha value is -1.85. The monoisotopic (exact) mass is 712 g/mol. The molecule has 2 bridgehead atoms. The predicted molar refractivity (Wildman–Crippen MR) is 167 cm³/mol. The first-order chi connectivity index (χ1) is 19.7. The van der Waals surface area contributed by atoms with Crippen LogP contribution >= 0.6 is 45.8 Å². The molecule has 0 saturated heterocycles. The molecule has 2 aromatic rings. The molecule has 3 N–H and O–H groups in total. The van der Waals surface area contributed by atoms with Crippen molar-refractivity contribution in [1.29, 1.82) is 0 Å². The molecule has 10 heteroatoms. The number of rotatable bonds is 10. The first-order valence-electron chi connectivity index (χ1n) is 14.2. The fourth-order valence-corrected chi connectivity index (χ4v) is 7.49. The summed E-state index contributed by atoms with van der Waals surface area (Å²) in [6.07, 6.45) is 4.91. The summed E-state index contributed by atoms with van der Waals surface area (Å²) >= 11 is 14.7. The van der Waals surface area contributed by atoms with E-state index in [4.69, 9.17) is 27.9 Å². The van der Waals surface area contributed by atoms with E-state index in [1.807, 2.05) is 30.3 Å². The van der Waals surface area contributed by atoms with Crippen LogP contribution in [0.4, 0.5) is 0 Å². The number of para-hydroxylation sites is 1. The predicted octanol–water partition coefficient (Wildman–Crippen LogP) is 5.37. The first-order valence-corrected chi connectivity index (χ1v) is 16.0. The summed E-state index contributed by atoms with van der Waals surface area (Å²) in [5.74, 6) is 1.78. The van der Waals surface area contributed by atoms with E-state index in [0.29, 0.717) is 45.5 Å². The normalized spacial score (nSPS) is 26.9. The molecular formula is C31H35Cl2IN2O5. The average molecular weight is 713 g/mol. The van der Waals surface area contributed by atoms with Gasteiger partial charge in [-0.25, -0.2) is 0 Å². The van der Waals surface area contributed by atoms with Crippen molar-refractivity contribution in [2.24, 2.45) is 17.8 Å². The summed E-state index contributed by atoms with van der Waals surface area (Å²) in [4.78, 5) is 28.9. The number of aliphatic hydroxyl groups excluding tert-OH is 2. The van der Waals surface area contributed by atoms with Gasteiger partial charge in [0, 0.05) is 31.5 Å². The Balaban J connectivity index is 1.46. The van der Waals surface area contributed by atoms with E-state index in [2.05, 4.69) is 27.9 Å². The number of nitrogens with zero attached hydrogens (tertiary/aromatic N) is 1. The number of aliphatic hydroxyl groups is 2. The van der Waals surface area contributed by atoms with Gasteiger partial charge in [-0.3, -0.25) is 9.59 Å². The zero-order chi connectivity index (χ0) is 29.1. The van der Waals surface area contributed by atoms with Crippen LogP contribution in [0.15, 0.2) is 54.1 Å². The molecule has 2 saturated carbocycles. The van der Waals surface area contributed by atoms with Crippen molar-refractivity contribution >= 4 is 57.6 Å². The van der Waals surface area contributed by atoms with Crippen molar-refractivity contribution in [2.45, 2.75) is 63.3 Å². The summed E-state index contributed by atoms with van der Waals surface area (Å²) < 4.78 is 7.12. The van der Waals surface area contributed by atoms with Crippen LogP contribution in [0, 0.1) is 21.3 Å². The van der Waals surface area contributed by atoms with Gasteiger partial charge in [0.1, 0.15) is 18.0 Å². The Morgan fingerprint density at radius 3 is 2.59 bits per heavy atom. The van der Waals surface area contributed by atoms with E-state index in [0.717, 1.165) is 15.6 Å². The molecule has 3 aliphatic carbocycles. The Morgan fingerprint density at radius 2 is 1.90 bits per heavy atom. The standard InChI is InChI=1S/C31H35Cl2IN2O5/c32-23-8-6-19(13-24(23)33)17-36(29(38)16-21-12-18-5-7-20(21)11-18)26-14-22(31(40)35-9-10-37)15-28(30(26)39)41-27-4-2-1-3-25(27)34/h1-4,6,8,13,15,18,20-21,26,28,30,37,39H,5,7,9-12,14,16-17H2,(H,35,40). The minimum Gasteiger partial charge on any atom is -0.482 e. The molecule has 0 radical (unpaired) electrons. The number of carbonyl (C=O) groups excluding carboxylic acids is 2. The van der Waals surface area contributed by atoms with Gasteiger partial charge in [-0.05, 0) is 95.5 Å². The van der Waals surface area contributed by atoms with E-state index in [1.54, 1.807) is 23.1 Å². The zero-order valence-corrected chi connectivity index (χ0v) is 26.3. The highest BCUT2D eigenvalue weighted by Crippen LogP contribution is 2.50. The molecule has 0 spiro atoms. The molecule has 6 atom stereocenters. The average Bonchev–Trinajstić information content (AvgIpc) is 3.58. The third kappa shape index (κ3) is 7.21. The topological polar surface area (TPSA) is 99.1 Å². The van der Waals surface area contributed by atoms with E-state index >= 15 is 0 Å². The molecule has 7 nitrogen and oxygen atoms in total. The lowest BCUT2D eigenvalue weighted by molar-refractivity contribution is -0.141. The molecule has 2 aromatic carbocycles. The molecular weight excluding hydrogens is 678 g/mol. The quantitative estimate of drug-likeness (QED) is 0.288. The van der Waals surface area contributed by atoms with Crippen LogP contribution in [-0.4, -0.2) is 58.3 Å². The number of hydrogen-bond donors (Lipinski definition) is 3. The van der Waals surface area contributed by atoms with E-state index in [9.17, 15) is 19.8 Å². The molecule has 3 aliphatic rings. The SMILES string of the molecule is O=C(NCCO)C1=CC(Oc2ccccc2I)C(O)C(N(Cc2ccc(Cl)c(Cl)c2)C(=O)CC2CC3CCC2C3)C1. The van der Waals surface area contributed by atoms with Gasteiger partial charge in [0.15, 0.2) is 0 Å². The number of benzene rings is 2. The number of carbonyl (C=O) groups is 2. The third-order valence-electron chi connectivity index (χ3n) is 8.69. The number of ether oxygens (including phenoxy) is 1. The maximum atomic E-state index is 14.1. The highest BCUT2D eigenvalue weighted by molar-refractivity contribution is 14.1. The molecule has 0 heterocycles. The molecule has 0 aliphatic heterocycles. The lowest BCUT2D eigenvalue weighted by Crippen LogP contribution is -2.55. The fourth-order valence-electron chi connectivity index (χ4n) is 6.66. The third-order valence-corrected chi connectivity index (χ3v) is 10.3. The summed E-state index contributed by atoms with van der Waals surface area (Å²) in [7, 11) is 0. The summed E-state index contributed by atoms with van der Waals surface area (Å²) in [5, 5.41) is 24.5. The molecule has 0 aromatic heterocycles. The number of hydrogen-bond acceptors (Lipinski definition) is 5. The van der Waals surface area contributed by atoms with Crippen molar-refractivity contribution in [2.75, 3.05) is 13.2 Å². The largest absolute Gasteiger partial charge is 0.482 e. The van der Waals surface area contributed by atoms with Crippen LogP contribution in [0.3, 0.4) is 0 Å². The minimum absolute atomic E-state index is 0.0530. The van der Waals surface area contributed by atoms with Crippen LogP contribution in [0.2, 0.25) is 10.0 Å². The maximum absolute atomic E-state index is 14.1. The van der Waals surface area contributed by atoms with Gasteiger partial charge in [0.2, 0.25) is 11.8 Å². The molecule has 2 amide bonds. The van der Waals surface area contributed by atoms with Gasteiger partial charge in [-0.2, -0.15) is 0 Å². The molecule has 6 unspecified atom stereocenters. The second-order valence-electron chi connectivity index (χ2n) is 11.4.